The molecule has 0 aliphatic carbocycles. The van der Waals surface area contributed by atoms with Crippen molar-refractivity contribution in [3.05, 3.63) is 12.7 Å². The van der Waals surface area contributed by atoms with E-state index in [0.717, 1.165) is 45.3 Å². The molecule has 1 amide bonds. The van der Waals surface area contributed by atoms with E-state index in [9.17, 15) is 4.79 Å². The second-order valence-electron chi connectivity index (χ2n) is 4.91. The second kappa shape index (κ2) is 6.80. The van der Waals surface area contributed by atoms with Crippen molar-refractivity contribution in [2.45, 2.75) is 39.5 Å². The molecule has 1 fully saturated rings. The lowest BCUT2D eigenvalue weighted by Gasteiger charge is -2.39. The molecular formula is C14H26N2O. The molecule has 0 radical (unpaired) electrons. The van der Waals surface area contributed by atoms with Gasteiger partial charge in [-0.3, -0.25) is 4.79 Å². The molecule has 0 aromatic heterocycles. The Balaban J connectivity index is 2.80. The first kappa shape index (κ1) is 14.2. The summed E-state index contributed by atoms with van der Waals surface area (Å²) in [5.41, 5.74) is -0.112. The summed E-state index contributed by atoms with van der Waals surface area (Å²) in [5, 5.41) is 3.35. The largest absolute Gasteiger partial charge is 0.339 e. The molecule has 17 heavy (non-hydrogen) atoms. The molecule has 1 aliphatic heterocycles. The highest BCUT2D eigenvalue weighted by Crippen LogP contribution is 2.36. The zero-order chi connectivity index (χ0) is 12.7. The van der Waals surface area contributed by atoms with Crippen LogP contribution in [0.5, 0.6) is 0 Å². The summed E-state index contributed by atoms with van der Waals surface area (Å²) in [7, 11) is 0. The summed E-state index contributed by atoms with van der Waals surface area (Å²) >= 11 is 0. The van der Waals surface area contributed by atoms with Gasteiger partial charge >= 0.3 is 0 Å². The zero-order valence-corrected chi connectivity index (χ0v) is 11.3. The van der Waals surface area contributed by atoms with Crippen LogP contribution in [0.25, 0.3) is 0 Å². The monoisotopic (exact) mass is 238 g/mol. The Hall–Kier alpha value is -0.830. The molecule has 1 heterocycles. The first-order valence-electron chi connectivity index (χ1n) is 6.81. The number of nitrogens with zero attached hydrogens (tertiary/aromatic N) is 1. The van der Waals surface area contributed by atoms with E-state index in [2.05, 4.69) is 18.8 Å². The highest BCUT2D eigenvalue weighted by Gasteiger charge is 2.40. The van der Waals surface area contributed by atoms with Crippen molar-refractivity contribution in [1.82, 2.24) is 10.2 Å². The van der Waals surface area contributed by atoms with Crippen LogP contribution in [0.3, 0.4) is 0 Å². The predicted octanol–water partition coefficient (Wildman–Crippen LogP) is 2.19. The lowest BCUT2D eigenvalue weighted by Crippen LogP contribution is -2.49. The Morgan fingerprint density at radius 3 is 2.53 bits per heavy atom. The number of piperidine rings is 1. The number of nitrogens with one attached hydrogen (secondary N) is 1. The summed E-state index contributed by atoms with van der Waals surface area (Å²) in [5.74, 6) is 0.336. The van der Waals surface area contributed by atoms with Crippen LogP contribution in [-0.2, 0) is 4.79 Å². The quantitative estimate of drug-likeness (QED) is 0.719. The average molecular weight is 238 g/mol. The first-order chi connectivity index (χ1) is 8.20. The summed E-state index contributed by atoms with van der Waals surface area (Å²) in [4.78, 5) is 14.6. The van der Waals surface area contributed by atoms with Gasteiger partial charge in [0.25, 0.3) is 0 Å². The Kier molecular flexibility index (Phi) is 5.69. The maximum atomic E-state index is 12.7. The predicted molar refractivity (Wildman–Crippen MR) is 71.9 cm³/mol. The van der Waals surface area contributed by atoms with Gasteiger partial charge in [-0.15, -0.1) is 6.58 Å². The van der Waals surface area contributed by atoms with Crippen molar-refractivity contribution in [3.63, 3.8) is 0 Å². The molecule has 1 rings (SSSR count). The summed E-state index contributed by atoms with van der Waals surface area (Å²) in [6.07, 6.45) is 5.88. The molecule has 1 N–H and O–H groups in total. The average Bonchev–Trinajstić information content (AvgIpc) is 2.36. The van der Waals surface area contributed by atoms with Crippen LogP contribution in [0.1, 0.15) is 39.5 Å². The van der Waals surface area contributed by atoms with E-state index in [4.69, 9.17) is 0 Å². The van der Waals surface area contributed by atoms with Crippen LogP contribution >= 0.6 is 0 Å². The Morgan fingerprint density at radius 2 is 2.06 bits per heavy atom. The fraction of sp³-hybridized carbons (Fsp3) is 0.786. The van der Waals surface area contributed by atoms with Gasteiger partial charge in [0.2, 0.25) is 5.91 Å². The van der Waals surface area contributed by atoms with Crippen molar-refractivity contribution < 1.29 is 4.79 Å². The topological polar surface area (TPSA) is 32.3 Å². The molecule has 3 heteroatoms. The van der Waals surface area contributed by atoms with Gasteiger partial charge in [0.05, 0.1) is 5.41 Å². The number of rotatable bonds is 6. The summed E-state index contributed by atoms with van der Waals surface area (Å²) < 4.78 is 0. The number of amides is 1. The highest BCUT2D eigenvalue weighted by molar-refractivity contribution is 5.83. The minimum atomic E-state index is -0.112. The van der Waals surface area contributed by atoms with Gasteiger partial charge in [0, 0.05) is 13.1 Å². The number of hydrogen-bond donors (Lipinski definition) is 1. The molecular weight excluding hydrogens is 212 g/mol. The van der Waals surface area contributed by atoms with Gasteiger partial charge in [-0.1, -0.05) is 19.4 Å². The molecule has 1 saturated heterocycles. The molecule has 0 bridgehead atoms. The number of carbonyl (C=O) groups excluding carboxylic acids is 1. The Morgan fingerprint density at radius 1 is 1.41 bits per heavy atom. The van der Waals surface area contributed by atoms with E-state index in [1.54, 1.807) is 0 Å². The Labute approximate surface area is 105 Å². The van der Waals surface area contributed by atoms with Crippen LogP contribution in [0, 0.1) is 5.41 Å². The van der Waals surface area contributed by atoms with Crippen molar-refractivity contribution in [2.24, 2.45) is 5.41 Å². The van der Waals surface area contributed by atoms with E-state index in [1.807, 2.05) is 17.9 Å². The van der Waals surface area contributed by atoms with Crippen molar-refractivity contribution in [3.8, 4) is 0 Å². The fourth-order valence-electron chi connectivity index (χ4n) is 2.80. The second-order valence-corrected chi connectivity index (χ2v) is 4.91. The fourth-order valence-corrected chi connectivity index (χ4v) is 2.80. The third kappa shape index (κ3) is 3.32. The zero-order valence-electron chi connectivity index (χ0n) is 11.3. The van der Waals surface area contributed by atoms with Crippen molar-refractivity contribution >= 4 is 5.91 Å². The maximum Gasteiger partial charge on any atom is 0.229 e. The standard InChI is InChI=1S/C14H26N2O/c1-4-7-14(8-10-15-11-9-14)13(17)16(6-3)12-5-2/h5,15H,2,4,6-12H2,1,3H3. The van der Waals surface area contributed by atoms with Gasteiger partial charge in [0.15, 0.2) is 0 Å². The van der Waals surface area contributed by atoms with Crippen LogP contribution in [-0.4, -0.2) is 37.0 Å². The molecule has 3 nitrogen and oxygen atoms in total. The van der Waals surface area contributed by atoms with Gasteiger partial charge < -0.3 is 10.2 Å². The molecule has 0 spiro atoms. The van der Waals surface area contributed by atoms with Crippen LogP contribution in [0.15, 0.2) is 12.7 Å². The maximum absolute atomic E-state index is 12.7. The van der Waals surface area contributed by atoms with Crippen LogP contribution in [0.2, 0.25) is 0 Å². The van der Waals surface area contributed by atoms with Gasteiger partial charge in [-0.2, -0.15) is 0 Å². The molecule has 0 unspecified atom stereocenters. The highest BCUT2D eigenvalue weighted by atomic mass is 16.2. The van der Waals surface area contributed by atoms with E-state index >= 15 is 0 Å². The summed E-state index contributed by atoms with van der Waals surface area (Å²) in [6.45, 7) is 11.3. The van der Waals surface area contributed by atoms with E-state index in [-0.39, 0.29) is 5.41 Å². The minimum Gasteiger partial charge on any atom is -0.339 e. The van der Waals surface area contributed by atoms with Gasteiger partial charge in [0.1, 0.15) is 0 Å². The SMILES string of the molecule is C=CCN(CC)C(=O)C1(CCC)CCNCC1. The normalized spacial score (nSPS) is 18.7. The van der Waals surface area contributed by atoms with Gasteiger partial charge in [-0.25, -0.2) is 0 Å². The molecule has 0 atom stereocenters. The third-order valence-electron chi connectivity index (χ3n) is 3.76. The van der Waals surface area contributed by atoms with Crippen molar-refractivity contribution in [2.75, 3.05) is 26.2 Å². The van der Waals surface area contributed by atoms with E-state index in [1.165, 1.54) is 0 Å². The van der Waals surface area contributed by atoms with E-state index in [0.29, 0.717) is 12.5 Å². The Bertz CT molecular complexity index is 251. The lowest BCUT2D eigenvalue weighted by atomic mass is 9.74. The minimum absolute atomic E-state index is 0.112. The molecule has 98 valence electrons. The number of likely N-dealkylation sites (N-methyl/N-ethyl adjacent to an activating group) is 1. The van der Waals surface area contributed by atoms with Crippen LogP contribution < -0.4 is 5.32 Å². The van der Waals surface area contributed by atoms with Crippen molar-refractivity contribution in [1.29, 1.82) is 0 Å². The number of hydrogen-bond acceptors (Lipinski definition) is 2. The van der Waals surface area contributed by atoms with Crippen LogP contribution in [0.4, 0.5) is 0 Å². The van der Waals surface area contributed by atoms with E-state index < -0.39 is 0 Å². The molecule has 0 aromatic rings. The smallest absolute Gasteiger partial charge is 0.229 e. The van der Waals surface area contributed by atoms with Gasteiger partial charge in [-0.05, 0) is 39.3 Å². The molecule has 1 aliphatic rings. The molecule has 0 saturated carbocycles. The molecule has 0 aromatic carbocycles. The lowest BCUT2D eigenvalue weighted by molar-refractivity contribution is -0.143. The number of carbonyl (C=O) groups is 1. The first-order valence-corrected chi connectivity index (χ1v) is 6.81. The third-order valence-corrected chi connectivity index (χ3v) is 3.76. The summed E-state index contributed by atoms with van der Waals surface area (Å²) in [6, 6.07) is 0.